The molecular weight excluding hydrogens is 959 g/mol. The fourth-order valence-corrected chi connectivity index (χ4v) is 7.93. The van der Waals surface area contributed by atoms with Crippen LogP contribution in [0.3, 0.4) is 0 Å². The molecule has 73 heavy (non-hydrogen) atoms. The van der Waals surface area contributed by atoms with Gasteiger partial charge in [-0.3, -0.25) is 57.5 Å². The Morgan fingerprint density at radius 1 is 0.699 bits per heavy atom. The third-order valence-corrected chi connectivity index (χ3v) is 11.9. The number of hydrogen-bond acceptors (Lipinski definition) is 13. The summed E-state index contributed by atoms with van der Waals surface area (Å²) >= 11 is 0. The number of carbonyl (C=O) groups is 12. The molecule has 3 rings (SSSR count). The zero-order valence-corrected chi connectivity index (χ0v) is 41.5. The highest BCUT2D eigenvalue weighted by atomic mass is 16.4. The van der Waals surface area contributed by atoms with Gasteiger partial charge in [0, 0.05) is 49.3 Å². The topological polar surface area (TPSA) is 421 Å². The number of aromatic amines is 1. The number of rotatable bonds is 30. The third kappa shape index (κ3) is 19.1. The minimum atomic E-state index is -1.54. The molecule has 1 aliphatic rings. The van der Waals surface area contributed by atoms with Crippen molar-refractivity contribution in [1.29, 1.82) is 0 Å². The monoisotopic (exact) mass is 1030 g/mol. The maximum absolute atomic E-state index is 14.4. The molecule has 2 aromatic rings. The predicted octanol–water partition coefficient (Wildman–Crippen LogP) is -2.14. The van der Waals surface area contributed by atoms with E-state index in [4.69, 9.17) is 16.6 Å². The number of fused-ring (bicyclic) bond motifs is 1. The number of benzene rings is 1. The zero-order valence-electron chi connectivity index (χ0n) is 41.5. The number of amides is 9. The van der Waals surface area contributed by atoms with Crippen LogP contribution in [0.25, 0.3) is 10.9 Å². The first-order chi connectivity index (χ1) is 34.3. The Balaban J connectivity index is 1.83. The first-order valence-corrected chi connectivity index (χ1v) is 23.9. The fraction of sp³-hybridized carbons (Fsp3) is 0.574. The lowest BCUT2D eigenvalue weighted by Gasteiger charge is -2.30. The maximum atomic E-state index is 14.4. The summed E-state index contributed by atoms with van der Waals surface area (Å²) in [4.78, 5) is 159. The van der Waals surface area contributed by atoms with Crippen LogP contribution in [0.4, 0.5) is 0 Å². The summed E-state index contributed by atoms with van der Waals surface area (Å²) in [5.41, 5.74) is 12.5. The van der Waals surface area contributed by atoms with Crippen LogP contribution in [0.2, 0.25) is 0 Å². The number of aliphatic carboxylic acids is 3. The van der Waals surface area contributed by atoms with E-state index >= 15 is 0 Å². The molecule has 0 spiro atoms. The van der Waals surface area contributed by atoms with Gasteiger partial charge >= 0.3 is 17.9 Å². The first-order valence-electron chi connectivity index (χ1n) is 23.9. The number of carboxylic acids is 3. The number of hydrogen-bond donors (Lipinski definition) is 13. The minimum absolute atomic E-state index is 0.0476. The number of nitrogens with zero attached hydrogens (tertiary/aromatic N) is 1. The SMILES string of the molecule is CC(C)C[C@H](NC(=O)[C@@H](N)CCC(=O)O)C(=O)N[C@@H](CCC(=O)O)C(=O)NCC(=O)N[C@H](C(=O)N[C@@H](Cc1c[nH]c2ccccc12)C(=O)N[C@@H](CCC(N)=O)C(=O)N1CCC[C@H]1C(=O)N[C@@H](C)C(=O)O)C(C)C. The quantitative estimate of drug-likeness (QED) is 0.0397. The summed E-state index contributed by atoms with van der Waals surface area (Å²) in [6.45, 7) is 7.18. The van der Waals surface area contributed by atoms with Crippen LogP contribution in [0.1, 0.15) is 98.0 Å². The highest BCUT2D eigenvalue weighted by Crippen LogP contribution is 2.22. The van der Waals surface area contributed by atoms with E-state index in [1.54, 1.807) is 58.2 Å². The second-order valence-corrected chi connectivity index (χ2v) is 18.7. The van der Waals surface area contributed by atoms with Crippen LogP contribution in [-0.4, -0.2) is 158 Å². The second kappa shape index (κ2) is 28.4. The highest BCUT2D eigenvalue weighted by Gasteiger charge is 2.40. The van der Waals surface area contributed by atoms with E-state index < -0.39 is 151 Å². The molecule has 0 aliphatic carbocycles. The average Bonchev–Trinajstić information content (AvgIpc) is 3.98. The Bertz CT molecular complexity index is 2350. The third-order valence-electron chi connectivity index (χ3n) is 11.9. The van der Waals surface area contributed by atoms with Crippen molar-refractivity contribution in [2.45, 2.75) is 147 Å². The van der Waals surface area contributed by atoms with Gasteiger partial charge in [-0.15, -0.1) is 0 Å². The van der Waals surface area contributed by atoms with Gasteiger partial charge < -0.3 is 73.9 Å². The summed E-state index contributed by atoms with van der Waals surface area (Å²) in [6.07, 6.45) is -0.310. The van der Waals surface area contributed by atoms with Gasteiger partial charge in [-0.2, -0.15) is 0 Å². The summed E-state index contributed by atoms with van der Waals surface area (Å²) in [6, 6.07) is -3.63. The Kier molecular flexibility index (Phi) is 23.2. The zero-order chi connectivity index (χ0) is 54.7. The summed E-state index contributed by atoms with van der Waals surface area (Å²) < 4.78 is 0. The van der Waals surface area contributed by atoms with Crippen LogP contribution < -0.4 is 48.7 Å². The van der Waals surface area contributed by atoms with E-state index in [-0.39, 0.29) is 51.0 Å². The normalized spacial score (nSPS) is 16.2. The van der Waals surface area contributed by atoms with Crippen LogP contribution >= 0.6 is 0 Å². The van der Waals surface area contributed by atoms with E-state index in [0.717, 1.165) is 0 Å². The molecule has 0 bridgehead atoms. The van der Waals surface area contributed by atoms with Crippen molar-refractivity contribution in [1.82, 2.24) is 47.1 Å². The van der Waals surface area contributed by atoms with E-state index in [1.807, 2.05) is 0 Å². The number of primary amides is 1. The Hall–Kier alpha value is -7.64. The van der Waals surface area contributed by atoms with Crippen LogP contribution in [0, 0.1) is 11.8 Å². The van der Waals surface area contributed by atoms with Gasteiger partial charge in [0.1, 0.15) is 42.3 Å². The smallest absolute Gasteiger partial charge is 0.325 e. The average molecular weight is 1030 g/mol. The molecule has 0 radical (unpaired) electrons. The molecular formula is C47H69N11O15. The highest BCUT2D eigenvalue weighted by molar-refractivity contribution is 5.98. The van der Waals surface area contributed by atoms with Gasteiger partial charge in [-0.1, -0.05) is 45.9 Å². The van der Waals surface area contributed by atoms with E-state index in [1.165, 1.54) is 11.8 Å². The van der Waals surface area contributed by atoms with E-state index in [9.17, 15) is 67.7 Å². The van der Waals surface area contributed by atoms with Gasteiger partial charge in [-0.05, 0) is 68.9 Å². The van der Waals surface area contributed by atoms with Crippen molar-refractivity contribution in [3.63, 3.8) is 0 Å². The number of carbonyl (C=O) groups excluding carboxylic acids is 9. The fourth-order valence-electron chi connectivity index (χ4n) is 7.93. The second-order valence-electron chi connectivity index (χ2n) is 18.7. The van der Waals surface area contributed by atoms with Gasteiger partial charge in [0.15, 0.2) is 0 Å². The molecule has 1 saturated heterocycles. The number of para-hydroxylation sites is 1. The van der Waals surface area contributed by atoms with Gasteiger partial charge in [0.2, 0.25) is 53.2 Å². The molecule has 1 aromatic carbocycles. The number of nitrogens with one attached hydrogen (secondary N) is 8. The molecule has 1 aromatic heterocycles. The lowest BCUT2D eigenvalue weighted by molar-refractivity contribution is -0.144. The van der Waals surface area contributed by atoms with E-state index in [0.29, 0.717) is 22.9 Å². The molecule has 1 fully saturated rings. The molecule has 2 heterocycles. The molecule has 402 valence electrons. The van der Waals surface area contributed by atoms with E-state index in [2.05, 4.69) is 42.2 Å². The van der Waals surface area contributed by atoms with Crippen LogP contribution in [-0.2, 0) is 64.0 Å². The first kappa shape index (κ1) is 59.7. The van der Waals surface area contributed by atoms with Crippen molar-refractivity contribution >= 4 is 82.0 Å². The minimum Gasteiger partial charge on any atom is -0.481 e. The van der Waals surface area contributed by atoms with Crippen molar-refractivity contribution in [3.05, 3.63) is 36.0 Å². The molecule has 26 nitrogen and oxygen atoms in total. The molecule has 26 heteroatoms. The van der Waals surface area contributed by atoms with Gasteiger partial charge in [-0.25, -0.2) is 0 Å². The maximum Gasteiger partial charge on any atom is 0.325 e. The number of carboxylic acid groups (broad SMARTS) is 3. The predicted molar refractivity (Wildman–Crippen MR) is 259 cm³/mol. The van der Waals surface area contributed by atoms with Crippen molar-refractivity contribution in [2.24, 2.45) is 23.3 Å². The lowest BCUT2D eigenvalue weighted by Crippen LogP contribution is -2.60. The largest absolute Gasteiger partial charge is 0.481 e. The molecule has 15 N–H and O–H groups in total. The van der Waals surface area contributed by atoms with Gasteiger partial charge in [0.25, 0.3) is 0 Å². The van der Waals surface area contributed by atoms with Gasteiger partial charge in [0.05, 0.1) is 12.6 Å². The molecule has 0 saturated carbocycles. The molecule has 0 unspecified atom stereocenters. The standard InChI is InChI=1S/C47H69N11O15/c1-23(2)19-32(55-40(65)28(48)12-16-37(61)62)42(67)53-30(14-17-38(63)64)41(66)51-22-36(60)57-39(24(3)4)45(70)56-33(20-26-21-50-29-10-7-6-9-27(26)29)43(68)54-31(13-15-35(49)59)46(71)58-18-8-11-34(58)44(69)52-25(5)47(72)73/h6-7,9-10,21,23-25,28,30-34,39,50H,8,11-20,22,48H2,1-5H3,(H2,49,59)(H,51,66)(H,52,69)(H,53,67)(H,54,68)(H,55,65)(H,56,70)(H,57,60)(H,61,62)(H,63,64)(H,72,73)/t25-,28-,30-,31-,32-,33-,34-,39-/m0/s1. The van der Waals surface area contributed by atoms with Crippen molar-refractivity contribution in [3.8, 4) is 0 Å². The summed E-state index contributed by atoms with van der Waals surface area (Å²) in [5.74, 6) is -12.3. The summed E-state index contributed by atoms with van der Waals surface area (Å²) in [7, 11) is 0. The molecule has 8 atom stereocenters. The Labute approximate surface area is 420 Å². The number of nitrogens with two attached hydrogens (primary N) is 2. The lowest BCUT2D eigenvalue weighted by atomic mass is 10.00. The summed E-state index contributed by atoms with van der Waals surface area (Å²) in [5, 5.41) is 45.7. The molecule has 9 amide bonds. The Morgan fingerprint density at radius 3 is 1.90 bits per heavy atom. The number of likely N-dealkylation sites (tertiary alicyclic amines) is 1. The Morgan fingerprint density at radius 2 is 1.29 bits per heavy atom. The van der Waals surface area contributed by atoms with Crippen LogP contribution in [0.15, 0.2) is 30.5 Å². The number of aromatic nitrogens is 1. The molecule has 1 aliphatic heterocycles. The van der Waals surface area contributed by atoms with Crippen LogP contribution in [0.5, 0.6) is 0 Å². The van der Waals surface area contributed by atoms with Crippen molar-refractivity contribution < 1.29 is 72.9 Å². The number of H-pyrrole nitrogens is 1. The van der Waals surface area contributed by atoms with Crippen molar-refractivity contribution in [2.75, 3.05) is 13.1 Å².